The van der Waals surface area contributed by atoms with Crippen LogP contribution in [0.4, 0.5) is 5.69 Å². The number of benzene rings is 2. The summed E-state index contributed by atoms with van der Waals surface area (Å²) in [5, 5.41) is 11.5. The summed E-state index contributed by atoms with van der Waals surface area (Å²) in [6.07, 6.45) is 7.83. The molecule has 0 atom stereocenters. The Balaban J connectivity index is 2.21. The van der Waals surface area contributed by atoms with Crippen LogP contribution in [0.3, 0.4) is 0 Å². The predicted molar refractivity (Wildman–Crippen MR) is 131 cm³/mol. The molecule has 0 aliphatic carbocycles. The molecule has 174 valence electrons. The third-order valence-corrected chi connectivity index (χ3v) is 4.87. The molecule has 0 radical (unpaired) electrons. The lowest BCUT2D eigenvalue weighted by molar-refractivity contribution is -0.137. The average Bonchev–Trinajstić information content (AvgIpc) is 2.80. The van der Waals surface area contributed by atoms with E-state index in [4.69, 9.17) is 15.8 Å². The van der Waals surface area contributed by atoms with E-state index in [0.29, 0.717) is 49.2 Å². The van der Waals surface area contributed by atoms with Crippen molar-refractivity contribution in [3.05, 3.63) is 83.4 Å². The van der Waals surface area contributed by atoms with Crippen LogP contribution in [-0.4, -0.2) is 29.7 Å². The van der Waals surface area contributed by atoms with Crippen LogP contribution in [0.15, 0.2) is 66.2 Å². The first-order valence-corrected chi connectivity index (χ1v) is 10.8. The SMILES string of the molecule is C=CCNC(=O)c1ccc(C/C=C(\ON)c2cccc(C)c2)cc1N=CCCCCC(=O)O. The molecule has 0 fully saturated rings. The van der Waals surface area contributed by atoms with Gasteiger partial charge in [0.2, 0.25) is 0 Å². The second-order valence-corrected chi connectivity index (χ2v) is 7.56. The minimum absolute atomic E-state index is 0.136. The van der Waals surface area contributed by atoms with Crippen molar-refractivity contribution in [3.8, 4) is 0 Å². The third kappa shape index (κ3) is 8.74. The van der Waals surface area contributed by atoms with Gasteiger partial charge in [0.1, 0.15) is 5.76 Å². The zero-order valence-corrected chi connectivity index (χ0v) is 18.9. The van der Waals surface area contributed by atoms with Crippen molar-refractivity contribution in [1.29, 1.82) is 0 Å². The van der Waals surface area contributed by atoms with Crippen LogP contribution in [0.25, 0.3) is 5.76 Å². The Labute approximate surface area is 194 Å². The van der Waals surface area contributed by atoms with Gasteiger partial charge in [0.15, 0.2) is 0 Å². The number of carboxylic acid groups (broad SMARTS) is 1. The van der Waals surface area contributed by atoms with Crippen LogP contribution in [0.2, 0.25) is 0 Å². The molecule has 0 aromatic heterocycles. The highest BCUT2D eigenvalue weighted by Crippen LogP contribution is 2.23. The van der Waals surface area contributed by atoms with E-state index in [1.165, 1.54) is 0 Å². The van der Waals surface area contributed by atoms with Crippen LogP contribution < -0.4 is 11.2 Å². The van der Waals surface area contributed by atoms with Gasteiger partial charge in [-0.1, -0.05) is 35.9 Å². The molecule has 1 amide bonds. The molecule has 0 heterocycles. The molecule has 2 aromatic carbocycles. The summed E-state index contributed by atoms with van der Waals surface area (Å²) in [7, 11) is 0. The number of rotatable bonds is 13. The number of carbonyl (C=O) groups excluding carboxylic acids is 1. The maximum absolute atomic E-state index is 12.5. The summed E-state index contributed by atoms with van der Waals surface area (Å²) in [5.74, 6) is 5.02. The highest BCUT2D eigenvalue weighted by molar-refractivity contribution is 5.99. The number of carbonyl (C=O) groups is 2. The van der Waals surface area contributed by atoms with Crippen molar-refractivity contribution in [2.24, 2.45) is 10.9 Å². The van der Waals surface area contributed by atoms with Crippen molar-refractivity contribution < 1.29 is 19.5 Å². The van der Waals surface area contributed by atoms with E-state index >= 15 is 0 Å². The minimum atomic E-state index is -0.805. The van der Waals surface area contributed by atoms with Crippen molar-refractivity contribution in [2.75, 3.05) is 6.54 Å². The van der Waals surface area contributed by atoms with E-state index in [9.17, 15) is 9.59 Å². The number of aliphatic carboxylic acids is 1. The zero-order chi connectivity index (χ0) is 24.1. The lowest BCUT2D eigenvalue weighted by atomic mass is 10.0. The first-order chi connectivity index (χ1) is 15.9. The number of nitrogens with two attached hydrogens (primary N) is 1. The molecular weight excluding hydrogens is 418 g/mol. The van der Waals surface area contributed by atoms with E-state index in [1.807, 2.05) is 49.4 Å². The molecular formula is C26H31N3O4. The minimum Gasteiger partial charge on any atom is -0.481 e. The van der Waals surface area contributed by atoms with E-state index in [-0.39, 0.29) is 12.3 Å². The van der Waals surface area contributed by atoms with E-state index in [1.54, 1.807) is 18.4 Å². The molecule has 0 aliphatic heterocycles. The molecule has 4 N–H and O–H groups in total. The average molecular weight is 450 g/mol. The van der Waals surface area contributed by atoms with Gasteiger partial charge in [0.05, 0.1) is 11.3 Å². The third-order valence-electron chi connectivity index (χ3n) is 4.87. The van der Waals surface area contributed by atoms with Gasteiger partial charge in [-0.3, -0.25) is 14.6 Å². The van der Waals surface area contributed by atoms with Gasteiger partial charge in [-0.2, -0.15) is 5.90 Å². The normalized spacial score (nSPS) is 11.4. The lowest BCUT2D eigenvalue weighted by Gasteiger charge is -2.09. The highest BCUT2D eigenvalue weighted by atomic mass is 16.6. The predicted octanol–water partition coefficient (Wildman–Crippen LogP) is 4.73. The van der Waals surface area contributed by atoms with Gasteiger partial charge in [-0.05, 0) is 62.4 Å². The van der Waals surface area contributed by atoms with Gasteiger partial charge in [0.25, 0.3) is 5.91 Å². The number of aliphatic imine (C=N–C) groups is 1. The Kier molecular flexibility index (Phi) is 10.6. The largest absolute Gasteiger partial charge is 0.481 e. The fraction of sp³-hybridized carbons (Fsp3) is 0.269. The lowest BCUT2D eigenvalue weighted by Crippen LogP contribution is -2.23. The van der Waals surface area contributed by atoms with Gasteiger partial charge >= 0.3 is 5.97 Å². The molecule has 0 saturated heterocycles. The molecule has 33 heavy (non-hydrogen) atoms. The number of allylic oxidation sites excluding steroid dienone is 1. The standard InChI is InChI=1S/C26H31N3O4/c1-3-15-29-26(32)22-13-11-20(18-23(22)28-16-6-4-5-10-25(30)31)12-14-24(33-27)21-9-7-8-19(2)17-21/h3,7-9,11,13-14,16-18H,1,4-6,10,12,15,27H2,2H3,(H,29,32)(H,30,31)/b24-14-,28-16?. The molecule has 2 rings (SSSR count). The van der Waals surface area contributed by atoms with Crippen molar-refractivity contribution in [3.63, 3.8) is 0 Å². The number of nitrogens with zero attached hydrogens (tertiary/aromatic N) is 1. The quantitative estimate of drug-likeness (QED) is 0.134. The first kappa shape index (κ1) is 25.5. The maximum atomic E-state index is 12.5. The molecule has 7 nitrogen and oxygen atoms in total. The summed E-state index contributed by atoms with van der Waals surface area (Å²) in [6, 6.07) is 13.3. The number of aryl methyl sites for hydroxylation is 1. The van der Waals surface area contributed by atoms with Crippen LogP contribution >= 0.6 is 0 Å². The van der Waals surface area contributed by atoms with Crippen LogP contribution in [0, 0.1) is 6.92 Å². The first-order valence-electron chi connectivity index (χ1n) is 10.8. The Morgan fingerprint density at radius 2 is 2.03 bits per heavy atom. The monoisotopic (exact) mass is 449 g/mol. The van der Waals surface area contributed by atoms with Crippen LogP contribution in [-0.2, 0) is 16.1 Å². The second kappa shape index (κ2) is 13.6. The van der Waals surface area contributed by atoms with Crippen LogP contribution in [0.5, 0.6) is 0 Å². The number of hydrogen-bond acceptors (Lipinski definition) is 5. The topological polar surface area (TPSA) is 114 Å². The van der Waals surface area contributed by atoms with Crippen molar-refractivity contribution in [1.82, 2.24) is 5.32 Å². The molecule has 7 heteroatoms. The van der Waals surface area contributed by atoms with E-state index in [2.05, 4.69) is 16.9 Å². The Morgan fingerprint density at radius 3 is 2.73 bits per heavy atom. The van der Waals surface area contributed by atoms with Crippen molar-refractivity contribution in [2.45, 2.75) is 39.0 Å². The molecule has 0 saturated carbocycles. The molecule has 0 bridgehead atoms. The summed E-state index contributed by atoms with van der Waals surface area (Å²) < 4.78 is 0. The molecule has 0 unspecified atom stereocenters. The van der Waals surface area contributed by atoms with E-state index < -0.39 is 5.97 Å². The smallest absolute Gasteiger partial charge is 0.303 e. The fourth-order valence-corrected chi connectivity index (χ4v) is 3.18. The highest BCUT2D eigenvalue weighted by Gasteiger charge is 2.11. The molecule has 0 aliphatic rings. The number of carboxylic acids is 1. The zero-order valence-electron chi connectivity index (χ0n) is 18.9. The van der Waals surface area contributed by atoms with Gasteiger partial charge in [0, 0.05) is 24.7 Å². The van der Waals surface area contributed by atoms with E-state index in [0.717, 1.165) is 16.7 Å². The summed E-state index contributed by atoms with van der Waals surface area (Å²) >= 11 is 0. The van der Waals surface area contributed by atoms with Gasteiger partial charge in [-0.15, -0.1) is 6.58 Å². The summed E-state index contributed by atoms with van der Waals surface area (Å²) in [4.78, 5) is 32.7. The van der Waals surface area contributed by atoms with Crippen molar-refractivity contribution >= 4 is 29.5 Å². The fourth-order valence-electron chi connectivity index (χ4n) is 3.18. The number of hydrogen-bond donors (Lipinski definition) is 3. The Hall–Kier alpha value is -3.71. The van der Waals surface area contributed by atoms with Crippen LogP contribution in [0.1, 0.15) is 52.7 Å². The van der Waals surface area contributed by atoms with Gasteiger partial charge in [-0.25, -0.2) is 0 Å². The summed E-state index contributed by atoms with van der Waals surface area (Å²) in [5.41, 5.74) is 3.94. The Morgan fingerprint density at radius 1 is 1.21 bits per heavy atom. The number of amides is 1. The summed E-state index contributed by atoms with van der Waals surface area (Å²) in [6.45, 7) is 5.97. The molecule has 2 aromatic rings. The Bertz CT molecular complexity index is 1030. The maximum Gasteiger partial charge on any atom is 0.303 e. The number of nitrogens with one attached hydrogen (secondary N) is 1. The van der Waals surface area contributed by atoms with Gasteiger partial charge < -0.3 is 15.3 Å². The number of unbranched alkanes of at least 4 members (excludes halogenated alkanes) is 2. The molecule has 0 spiro atoms. The second-order valence-electron chi connectivity index (χ2n) is 7.56.